The second kappa shape index (κ2) is 6.77. The SMILES string of the molecule is CC(C)c1c(N)ncnc1NCCNC(=O)N(C)C. The van der Waals surface area contributed by atoms with Crippen molar-refractivity contribution >= 4 is 17.7 Å². The number of aromatic nitrogens is 2. The lowest BCUT2D eigenvalue weighted by atomic mass is 10.0. The number of anilines is 2. The van der Waals surface area contributed by atoms with Crippen LogP contribution in [0.5, 0.6) is 0 Å². The van der Waals surface area contributed by atoms with Gasteiger partial charge in [-0.15, -0.1) is 0 Å². The molecule has 0 radical (unpaired) electrons. The predicted octanol–water partition coefficient (Wildman–Crippen LogP) is 0.865. The van der Waals surface area contributed by atoms with Crippen molar-refractivity contribution in [2.24, 2.45) is 0 Å². The first kappa shape index (κ1) is 15.0. The molecule has 1 heterocycles. The van der Waals surface area contributed by atoms with Crippen LogP contribution in [0.25, 0.3) is 0 Å². The molecule has 4 N–H and O–H groups in total. The molecule has 0 unspecified atom stereocenters. The minimum Gasteiger partial charge on any atom is -0.383 e. The highest BCUT2D eigenvalue weighted by Crippen LogP contribution is 2.25. The second-order valence-corrected chi connectivity index (χ2v) is 4.73. The number of hydrogen-bond donors (Lipinski definition) is 3. The largest absolute Gasteiger partial charge is 0.383 e. The Morgan fingerprint density at radius 3 is 2.63 bits per heavy atom. The van der Waals surface area contributed by atoms with E-state index < -0.39 is 0 Å². The van der Waals surface area contributed by atoms with Gasteiger partial charge in [-0.05, 0) is 5.92 Å². The summed E-state index contributed by atoms with van der Waals surface area (Å²) in [6.07, 6.45) is 1.43. The summed E-state index contributed by atoms with van der Waals surface area (Å²) >= 11 is 0. The van der Waals surface area contributed by atoms with Crippen molar-refractivity contribution in [1.29, 1.82) is 0 Å². The van der Waals surface area contributed by atoms with Crippen LogP contribution in [-0.2, 0) is 0 Å². The quantitative estimate of drug-likeness (QED) is 0.687. The van der Waals surface area contributed by atoms with Crippen molar-refractivity contribution in [3.8, 4) is 0 Å². The number of urea groups is 1. The van der Waals surface area contributed by atoms with Gasteiger partial charge in [-0.25, -0.2) is 14.8 Å². The van der Waals surface area contributed by atoms with Crippen LogP contribution in [0.3, 0.4) is 0 Å². The summed E-state index contributed by atoms with van der Waals surface area (Å²) in [6.45, 7) is 5.16. The molecule has 0 saturated heterocycles. The van der Waals surface area contributed by atoms with Gasteiger partial charge in [-0.3, -0.25) is 0 Å². The molecule has 106 valence electrons. The number of hydrogen-bond acceptors (Lipinski definition) is 5. The Bertz CT molecular complexity index is 432. The van der Waals surface area contributed by atoms with Gasteiger partial charge in [0.2, 0.25) is 0 Å². The van der Waals surface area contributed by atoms with Crippen molar-refractivity contribution in [3.05, 3.63) is 11.9 Å². The van der Waals surface area contributed by atoms with E-state index in [1.165, 1.54) is 11.2 Å². The Morgan fingerprint density at radius 2 is 2.05 bits per heavy atom. The molecule has 0 spiro atoms. The number of amides is 2. The van der Waals surface area contributed by atoms with Crippen LogP contribution in [0.4, 0.5) is 16.4 Å². The molecule has 0 saturated carbocycles. The first-order valence-corrected chi connectivity index (χ1v) is 6.22. The topological polar surface area (TPSA) is 96.2 Å². The Morgan fingerprint density at radius 1 is 1.37 bits per heavy atom. The van der Waals surface area contributed by atoms with E-state index in [1.54, 1.807) is 14.1 Å². The predicted molar refractivity (Wildman–Crippen MR) is 76.1 cm³/mol. The Labute approximate surface area is 113 Å². The van der Waals surface area contributed by atoms with Gasteiger partial charge < -0.3 is 21.3 Å². The van der Waals surface area contributed by atoms with Crippen LogP contribution >= 0.6 is 0 Å². The standard InChI is InChI=1S/C12H22N6O/c1-8(2)9-10(13)16-7-17-11(9)14-5-6-15-12(19)18(3)4/h7-8H,5-6H2,1-4H3,(H,15,19)(H3,13,14,16,17). The molecular weight excluding hydrogens is 244 g/mol. The van der Waals surface area contributed by atoms with Gasteiger partial charge >= 0.3 is 6.03 Å². The highest BCUT2D eigenvalue weighted by atomic mass is 16.2. The Kier molecular flexibility index (Phi) is 5.35. The fraction of sp³-hybridized carbons (Fsp3) is 0.583. The molecule has 19 heavy (non-hydrogen) atoms. The van der Waals surface area contributed by atoms with E-state index in [2.05, 4.69) is 20.6 Å². The Balaban J connectivity index is 2.54. The van der Waals surface area contributed by atoms with Crippen LogP contribution in [0.2, 0.25) is 0 Å². The number of nitrogen functional groups attached to an aromatic ring is 1. The molecule has 0 aliphatic carbocycles. The fourth-order valence-corrected chi connectivity index (χ4v) is 1.63. The van der Waals surface area contributed by atoms with Gasteiger partial charge in [0.1, 0.15) is 18.0 Å². The van der Waals surface area contributed by atoms with Gasteiger partial charge in [0.05, 0.1) is 0 Å². The zero-order valence-electron chi connectivity index (χ0n) is 11.9. The molecule has 2 amide bonds. The van der Waals surface area contributed by atoms with Crippen molar-refractivity contribution < 1.29 is 4.79 Å². The number of carbonyl (C=O) groups excluding carboxylic acids is 1. The molecule has 0 atom stereocenters. The van der Waals surface area contributed by atoms with Gasteiger partial charge in [0.15, 0.2) is 0 Å². The van der Waals surface area contributed by atoms with Gasteiger partial charge in [-0.2, -0.15) is 0 Å². The summed E-state index contributed by atoms with van der Waals surface area (Å²) in [4.78, 5) is 21.0. The van der Waals surface area contributed by atoms with Crippen LogP contribution < -0.4 is 16.4 Å². The zero-order valence-corrected chi connectivity index (χ0v) is 11.9. The molecule has 1 aromatic heterocycles. The van der Waals surface area contributed by atoms with Gasteiger partial charge in [-0.1, -0.05) is 13.8 Å². The summed E-state index contributed by atoms with van der Waals surface area (Å²) in [7, 11) is 3.40. The van der Waals surface area contributed by atoms with Crippen molar-refractivity contribution in [3.63, 3.8) is 0 Å². The smallest absolute Gasteiger partial charge is 0.316 e. The first-order valence-electron chi connectivity index (χ1n) is 6.22. The Hall–Kier alpha value is -2.05. The highest BCUT2D eigenvalue weighted by molar-refractivity contribution is 5.73. The summed E-state index contributed by atoms with van der Waals surface area (Å²) in [5.74, 6) is 1.45. The molecule has 7 heteroatoms. The van der Waals surface area contributed by atoms with Crippen molar-refractivity contribution in [2.75, 3.05) is 38.2 Å². The first-order chi connectivity index (χ1) is 8.93. The van der Waals surface area contributed by atoms with E-state index in [4.69, 9.17) is 5.73 Å². The maximum Gasteiger partial charge on any atom is 0.316 e. The van der Waals surface area contributed by atoms with E-state index in [9.17, 15) is 4.79 Å². The lowest BCUT2D eigenvalue weighted by Crippen LogP contribution is -2.37. The maximum absolute atomic E-state index is 11.3. The lowest BCUT2D eigenvalue weighted by molar-refractivity contribution is 0.218. The van der Waals surface area contributed by atoms with Crippen molar-refractivity contribution in [1.82, 2.24) is 20.2 Å². The monoisotopic (exact) mass is 266 g/mol. The molecule has 7 nitrogen and oxygen atoms in total. The van der Waals surface area contributed by atoms with E-state index in [1.807, 2.05) is 13.8 Å². The summed E-state index contributed by atoms with van der Waals surface area (Å²) in [6, 6.07) is -0.118. The van der Waals surface area contributed by atoms with E-state index >= 15 is 0 Å². The van der Waals surface area contributed by atoms with Crippen LogP contribution in [0.15, 0.2) is 6.33 Å². The molecule has 0 aliphatic rings. The highest BCUT2D eigenvalue weighted by Gasteiger charge is 2.12. The normalized spacial score (nSPS) is 10.4. The second-order valence-electron chi connectivity index (χ2n) is 4.73. The van der Waals surface area contributed by atoms with Gasteiger partial charge in [0, 0.05) is 32.7 Å². The fourth-order valence-electron chi connectivity index (χ4n) is 1.63. The average Bonchev–Trinajstić information content (AvgIpc) is 2.33. The number of rotatable bonds is 5. The van der Waals surface area contributed by atoms with E-state index in [0.29, 0.717) is 18.9 Å². The zero-order chi connectivity index (χ0) is 14.4. The maximum atomic E-state index is 11.3. The third-order valence-electron chi connectivity index (χ3n) is 2.59. The summed E-state index contributed by atoms with van der Waals surface area (Å²) < 4.78 is 0. The van der Waals surface area contributed by atoms with E-state index in [0.717, 1.165) is 11.4 Å². The number of carbonyl (C=O) groups is 1. The van der Waals surface area contributed by atoms with Crippen LogP contribution in [-0.4, -0.2) is 48.1 Å². The minimum atomic E-state index is -0.118. The number of nitrogens with zero attached hydrogens (tertiary/aromatic N) is 3. The molecule has 1 rings (SSSR count). The summed E-state index contributed by atoms with van der Waals surface area (Å²) in [5.41, 5.74) is 6.75. The third-order valence-corrected chi connectivity index (χ3v) is 2.59. The molecule has 0 aromatic carbocycles. The average molecular weight is 266 g/mol. The van der Waals surface area contributed by atoms with Crippen molar-refractivity contribution in [2.45, 2.75) is 19.8 Å². The third kappa shape index (κ3) is 4.27. The van der Waals surface area contributed by atoms with E-state index in [-0.39, 0.29) is 11.9 Å². The van der Waals surface area contributed by atoms with Crippen LogP contribution in [0, 0.1) is 0 Å². The molecule has 0 aliphatic heterocycles. The molecule has 0 fully saturated rings. The molecule has 1 aromatic rings. The number of nitrogens with one attached hydrogen (secondary N) is 2. The van der Waals surface area contributed by atoms with Gasteiger partial charge in [0.25, 0.3) is 0 Å². The summed E-state index contributed by atoms with van der Waals surface area (Å²) in [5, 5.41) is 5.93. The minimum absolute atomic E-state index is 0.118. The molecule has 0 bridgehead atoms. The lowest BCUT2D eigenvalue weighted by Gasteiger charge is -2.16. The molecular formula is C12H22N6O. The number of nitrogens with two attached hydrogens (primary N) is 1. The van der Waals surface area contributed by atoms with Crippen LogP contribution in [0.1, 0.15) is 25.3 Å².